The second kappa shape index (κ2) is 5.78. The lowest BCUT2D eigenvalue weighted by Gasteiger charge is -2.39. The van der Waals surface area contributed by atoms with Gasteiger partial charge in [0.05, 0.1) is 0 Å². The number of urea groups is 1. The van der Waals surface area contributed by atoms with E-state index in [1.54, 1.807) is 0 Å². The van der Waals surface area contributed by atoms with Gasteiger partial charge >= 0.3 is 6.03 Å². The second-order valence-corrected chi connectivity index (χ2v) is 6.74. The Hall–Kier alpha value is -1.79. The summed E-state index contributed by atoms with van der Waals surface area (Å²) in [5.41, 5.74) is -0.770. The van der Waals surface area contributed by atoms with Crippen LogP contribution in [-0.2, 0) is 4.79 Å². The predicted octanol–water partition coefficient (Wildman–Crippen LogP) is 0.282. The van der Waals surface area contributed by atoms with Crippen molar-refractivity contribution in [2.24, 2.45) is 16.8 Å². The highest BCUT2D eigenvalue weighted by molar-refractivity contribution is 6.07. The Morgan fingerprint density at radius 1 is 1.32 bits per heavy atom. The lowest BCUT2D eigenvalue weighted by Crippen LogP contribution is -2.55. The van der Waals surface area contributed by atoms with Gasteiger partial charge in [-0.2, -0.15) is 0 Å². The minimum atomic E-state index is -0.770. The smallest absolute Gasteiger partial charge is 0.322 e. The van der Waals surface area contributed by atoms with E-state index in [4.69, 9.17) is 0 Å². The predicted molar refractivity (Wildman–Crippen MR) is 83.5 cm³/mol. The highest BCUT2D eigenvalue weighted by Gasteiger charge is 2.48. The van der Waals surface area contributed by atoms with Crippen molar-refractivity contribution in [1.29, 1.82) is 0 Å². The van der Waals surface area contributed by atoms with E-state index in [-0.39, 0.29) is 17.9 Å². The molecule has 2 aliphatic heterocycles. The number of hydrogen-bond donors (Lipinski definition) is 3. The molecule has 2 heterocycles. The Bertz CT molecular complexity index is 494. The fourth-order valence-corrected chi connectivity index (χ4v) is 3.40. The number of hydrogen-bond acceptors (Lipinski definition) is 3. The summed E-state index contributed by atoms with van der Waals surface area (Å²) in [6.07, 6.45) is 4.38. The van der Waals surface area contributed by atoms with Crippen molar-refractivity contribution in [1.82, 2.24) is 20.9 Å². The third-order valence-electron chi connectivity index (χ3n) is 5.14. The number of nitrogens with zero attached hydrogens (tertiary/aromatic N) is 2. The molecule has 3 fully saturated rings. The van der Waals surface area contributed by atoms with Crippen LogP contribution >= 0.6 is 0 Å². The van der Waals surface area contributed by atoms with Crippen LogP contribution in [0.1, 0.15) is 32.6 Å². The van der Waals surface area contributed by atoms with Crippen LogP contribution in [0, 0.1) is 11.8 Å². The normalized spacial score (nSPS) is 30.3. The molecule has 0 radical (unpaired) electrons. The van der Waals surface area contributed by atoms with E-state index in [2.05, 4.69) is 25.8 Å². The number of piperidine rings is 1. The molecule has 0 spiro atoms. The summed E-state index contributed by atoms with van der Waals surface area (Å²) in [6.45, 7) is 4.54. The average Bonchev–Trinajstić information content (AvgIpc) is 3.28. The van der Waals surface area contributed by atoms with Crippen LogP contribution in [0.15, 0.2) is 4.99 Å². The Morgan fingerprint density at radius 3 is 2.50 bits per heavy atom. The Morgan fingerprint density at radius 2 is 2.00 bits per heavy atom. The molecule has 0 aromatic carbocycles. The van der Waals surface area contributed by atoms with Crippen molar-refractivity contribution in [2.45, 2.75) is 38.1 Å². The van der Waals surface area contributed by atoms with Crippen LogP contribution < -0.4 is 16.0 Å². The van der Waals surface area contributed by atoms with Gasteiger partial charge in [-0.1, -0.05) is 0 Å². The number of imide groups is 1. The average molecular weight is 307 g/mol. The van der Waals surface area contributed by atoms with E-state index in [9.17, 15) is 9.59 Å². The number of carbonyl (C=O) groups is 2. The Kier molecular flexibility index (Phi) is 3.97. The van der Waals surface area contributed by atoms with Crippen molar-refractivity contribution < 1.29 is 9.59 Å². The van der Waals surface area contributed by atoms with Crippen molar-refractivity contribution in [2.75, 3.05) is 26.7 Å². The number of nitrogens with one attached hydrogen (secondary N) is 3. The van der Waals surface area contributed by atoms with E-state index in [0.717, 1.165) is 44.4 Å². The third-order valence-corrected chi connectivity index (χ3v) is 5.14. The zero-order chi connectivity index (χ0) is 15.7. The van der Waals surface area contributed by atoms with Gasteiger partial charge in [0.1, 0.15) is 5.54 Å². The molecular formula is C15H25N5O2. The highest BCUT2D eigenvalue weighted by atomic mass is 16.2. The zero-order valence-corrected chi connectivity index (χ0v) is 13.3. The number of carbonyl (C=O) groups excluding carboxylic acids is 2. The van der Waals surface area contributed by atoms with E-state index in [1.165, 1.54) is 12.8 Å². The maximum Gasteiger partial charge on any atom is 0.322 e. The minimum Gasteiger partial charge on any atom is -0.356 e. The molecule has 1 unspecified atom stereocenters. The van der Waals surface area contributed by atoms with E-state index in [0.29, 0.717) is 0 Å². The van der Waals surface area contributed by atoms with Crippen LogP contribution in [0.25, 0.3) is 0 Å². The van der Waals surface area contributed by atoms with Crippen LogP contribution in [0.5, 0.6) is 0 Å². The molecule has 122 valence electrons. The molecule has 0 aromatic heterocycles. The third kappa shape index (κ3) is 2.89. The fraction of sp³-hybridized carbons (Fsp3) is 0.800. The summed E-state index contributed by atoms with van der Waals surface area (Å²) in [6, 6.07) is -0.378. The van der Waals surface area contributed by atoms with Crippen LogP contribution in [0.2, 0.25) is 0 Å². The first-order valence-electron chi connectivity index (χ1n) is 8.12. The van der Waals surface area contributed by atoms with E-state index < -0.39 is 5.54 Å². The van der Waals surface area contributed by atoms with Gasteiger partial charge in [-0.15, -0.1) is 0 Å². The molecule has 0 bridgehead atoms. The van der Waals surface area contributed by atoms with Crippen molar-refractivity contribution >= 4 is 17.9 Å². The quantitative estimate of drug-likeness (QED) is 0.397. The summed E-state index contributed by atoms with van der Waals surface area (Å²) in [5.74, 6) is 1.73. The van der Waals surface area contributed by atoms with Gasteiger partial charge in [-0.3, -0.25) is 15.1 Å². The molecular weight excluding hydrogens is 282 g/mol. The SMILES string of the molecule is CN=C(NCC1CC1)N1CCC(C2(C)NC(=O)NC2=O)CC1. The summed E-state index contributed by atoms with van der Waals surface area (Å²) in [5, 5.41) is 8.58. The maximum atomic E-state index is 12.0. The summed E-state index contributed by atoms with van der Waals surface area (Å²) >= 11 is 0. The van der Waals surface area contributed by atoms with Gasteiger partial charge in [0, 0.05) is 26.7 Å². The van der Waals surface area contributed by atoms with E-state index >= 15 is 0 Å². The molecule has 7 heteroatoms. The van der Waals surface area contributed by atoms with Crippen LogP contribution in [0.3, 0.4) is 0 Å². The number of likely N-dealkylation sites (tertiary alicyclic amines) is 1. The molecule has 1 aliphatic carbocycles. The number of aliphatic imine (C=N–C) groups is 1. The van der Waals surface area contributed by atoms with E-state index in [1.807, 2.05) is 14.0 Å². The standard InChI is InChI=1S/C15H25N5O2/c1-15(12(21)18-14(22)19-15)11-5-7-20(8-6-11)13(16-2)17-9-10-3-4-10/h10-11H,3-9H2,1-2H3,(H,16,17)(H2,18,19,21,22). The van der Waals surface area contributed by atoms with Crippen molar-refractivity contribution in [3.63, 3.8) is 0 Å². The molecule has 3 aliphatic rings. The minimum absolute atomic E-state index is 0.164. The molecule has 2 saturated heterocycles. The molecule has 3 amide bonds. The first-order valence-corrected chi connectivity index (χ1v) is 8.12. The molecule has 3 rings (SSSR count). The topological polar surface area (TPSA) is 85.8 Å². The first kappa shape index (κ1) is 15.1. The zero-order valence-electron chi connectivity index (χ0n) is 13.3. The first-order chi connectivity index (χ1) is 10.5. The van der Waals surface area contributed by atoms with Gasteiger partial charge in [0.2, 0.25) is 0 Å². The lowest BCUT2D eigenvalue weighted by molar-refractivity contribution is -0.125. The second-order valence-electron chi connectivity index (χ2n) is 6.74. The molecule has 22 heavy (non-hydrogen) atoms. The van der Waals surface area contributed by atoms with Crippen LogP contribution in [0.4, 0.5) is 4.79 Å². The van der Waals surface area contributed by atoms with Gasteiger partial charge in [0.25, 0.3) is 5.91 Å². The monoisotopic (exact) mass is 307 g/mol. The Balaban J connectivity index is 1.55. The maximum absolute atomic E-state index is 12.0. The van der Waals surface area contributed by atoms with Crippen molar-refractivity contribution in [3.8, 4) is 0 Å². The summed E-state index contributed by atoms with van der Waals surface area (Å²) in [7, 11) is 1.81. The molecule has 3 N–H and O–H groups in total. The molecule has 7 nitrogen and oxygen atoms in total. The largest absolute Gasteiger partial charge is 0.356 e. The summed E-state index contributed by atoms with van der Waals surface area (Å²) < 4.78 is 0. The lowest BCUT2D eigenvalue weighted by atomic mass is 9.79. The van der Waals surface area contributed by atoms with Crippen molar-refractivity contribution in [3.05, 3.63) is 0 Å². The Labute approximate surface area is 130 Å². The van der Waals surface area contributed by atoms with Gasteiger partial charge in [-0.05, 0) is 44.4 Å². The highest BCUT2D eigenvalue weighted by Crippen LogP contribution is 2.31. The summed E-state index contributed by atoms with van der Waals surface area (Å²) in [4.78, 5) is 30.0. The molecule has 1 atom stereocenters. The molecule has 0 aromatic rings. The fourth-order valence-electron chi connectivity index (χ4n) is 3.40. The van der Waals surface area contributed by atoms with Gasteiger partial charge < -0.3 is 15.5 Å². The number of amides is 3. The van der Waals surface area contributed by atoms with Gasteiger partial charge in [-0.25, -0.2) is 4.79 Å². The number of guanidine groups is 1. The number of rotatable bonds is 3. The molecule has 1 saturated carbocycles. The van der Waals surface area contributed by atoms with Gasteiger partial charge in [0.15, 0.2) is 5.96 Å². The van der Waals surface area contributed by atoms with Crippen LogP contribution in [-0.4, -0.2) is 55.0 Å².